The molecule has 0 amide bonds. The van der Waals surface area contributed by atoms with Crippen LogP contribution in [-0.4, -0.2) is 0 Å². The summed E-state index contributed by atoms with van der Waals surface area (Å²) in [6.45, 7) is 3.88. The van der Waals surface area contributed by atoms with Gasteiger partial charge in [-0.3, -0.25) is 0 Å². The van der Waals surface area contributed by atoms with E-state index in [-0.39, 0.29) is 5.82 Å². The Morgan fingerprint density at radius 3 is 2.18 bits per heavy atom. The molecule has 0 saturated heterocycles. The maximum atomic E-state index is 13.4. The molecule has 0 aromatic heterocycles. The van der Waals surface area contributed by atoms with Crippen molar-refractivity contribution in [3.8, 4) is 0 Å². The average molecular weight is 300 g/mol. The summed E-state index contributed by atoms with van der Waals surface area (Å²) >= 11 is 0. The summed E-state index contributed by atoms with van der Waals surface area (Å²) in [5.74, 6) is 3.28. The Balaban J connectivity index is 1.49. The lowest BCUT2D eigenvalue weighted by molar-refractivity contribution is 0.160. The summed E-state index contributed by atoms with van der Waals surface area (Å²) in [4.78, 5) is 0. The first-order valence-corrected chi connectivity index (χ1v) is 9.12. The largest absolute Gasteiger partial charge is 0.207 e. The molecule has 1 aromatic rings. The molecule has 0 aliphatic heterocycles. The van der Waals surface area contributed by atoms with Gasteiger partial charge in [0.25, 0.3) is 0 Å². The molecular formula is C21H29F. The second-order valence-corrected chi connectivity index (χ2v) is 7.47. The van der Waals surface area contributed by atoms with Crippen molar-refractivity contribution in [1.82, 2.24) is 0 Å². The first-order valence-electron chi connectivity index (χ1n) is 9.12. The third-order valence-electron chi connectivity index (χ3n) is 6.15. The van der Waals surface area contributed by atoms with Gasteiger partial charge in [-0.05, 0) is 99.2 Å². The van der Waals surface area contributed by atoms with Crippen molar-refractivity contribution in [1.29, 1.82) is 0 Å². The van der Waals surface area contributed by atoms with Crippen LogP contribution < -0.4 is 0 Å². The molecular weight excluding hydrogens is 271 g/mol. The molecule has 2 saturated carbocycles. The van der Waals surface area contributed by atoms with Gasteiger partial charge >= 0.3 is 0 Å². The van der Waals surface area contributed by atoms with Crippen LogP contribution >= 0.6 is 0 Å². The Morgan fingerprint density at radius 1 is 0.955 bits per heavy atom. The van der Waals surface area contributed by atoms with E-state index in [1.807, 2.05) is 6.07 Å². The van der Waals surface area contributed by atoms with Crippen LogP contribution in [-0.2, 0) is 0 Å². The van der Waals surface area contributed by atoms with Crippen molar-refractivity contribution < 1.29 is 4.39 Å². The molecule has 2 aliphatic carbocycles. The summed E-state index contributed by atoms with van der Waals surface area (Å²) in [7, 11) is 0. The quantitative estimate of drug-likeness (QED) is 0.558. The van der Waals surface area contributed by atoms with Gasteiger partial charge in [0.1, 0.15) is 5.82 Å². The molecule has 0 spiro atoms. The Kier molecular flexibility index (Phi) is 5.33. The first kappa shape index (κ1) is 15.8. The second-order valence-electron chi connectivity index (χ2n) is 7.47. The number of benzene rings is 1. The molecule has 120 valence electrons. The summed E-state index contributed by atoms with van der Waals surface area (Å²) in [6.07, 6.45) is 14.1. The molecule has 2 aliphatic rings. The highest BCUT2D eigenvalue weighted by Crippen LogP contribution is 2.44. The zero-order chi connectivity index (χ0) is 15.4. The van der Waals surface area contributed by atoms with Crippen molar-refractivity contribution >= 4 is 0 Å². The average Bonchev–Trinajstić information content (AvgIpc) is 2.56. The fraction of sp³-hybridized carbons (Fsp3) is 0.619. The standard InChI is InChI=1S/C21H29F/c1-2-4-16-7-9-17(10-8-16)18-11-13-19(14-12-18)20-5-3-6-21(22)15-20/h2-3,5-6,15-19H,1,4,7-14H2/t16-,17-,18?,19?. The molecule has 2 fully saturated rings. The highest BCUT2D eigenvalue weighted by molar-refractivity contribution is 5.21. The van der Waals surface area contributed by atoms with Crippen molar-refractivity contribution in [3.05, 3.63) is 48.3 Å². The van der Waals surface area contributed by atoms with Crippen LogP contribution in [0.15, 0.2) is 36.9 Å². The lowest BCUT2D eigenvalue weighted by Crippen LogP contribution is -2.25. The zero-order valence-electron chi connectivity index (χ0n) is 13.6. The molecule has 22 heavy (non-hydrogen) atoms. The van der Waals surface area contributed by atoms with Crippen LogP contribution in [0.1, 0.15) is 69.3 Å². The summed E-state index contributed by atoms with van der Waals surface area (Å²) in [6, 6.07) is 7.26. The number of hydrogen-bond acceptors (Lipinski definition) is 0. The fourth-order valence-electron chi connectivity index (χ4n) is 4.82. The lowest BCUT2D eigenvalue weighted by Gasteiger charge is -2.38. The molecule has 0 bridgehead atoms. The van der Waals surface area contributed by atoms with E-state index in [9.17, 15) is 4.39 Å². The van der Waals surface area contributed by atoms with Gasteiger partial charge in [0.15, 0.2) is 0 Å². The van der Waals surface area contributed by atoms with E-state index in [1.54, 1.807) is 12.1 Å². The SMILES string of the molecule is C=CC[C@H]1CC[C@H](C2CCC(c3cccc(F)c3)CC2)CC1. The molecule has 1 aromatic carbocycles. The Morgan fingerprint density at radius 2 is 1.59 bits per heavy atom. The maximum absolute atomic E-state index is 13.4. The van der Waals surface area contributed by atoms with Crippen LogP contribution in [0.25, 0.3) is 0 Å². The van der Waals surface area contributed by atoms with Crippen LogP contribution in [0.5, 0.6) is 0 Å². The van der Waals surface area contributed by atoms with E-state index in [2.05, 4.69) is 18.7 Å². The zero-order valence-corrected chi connectivity index (χ0v) is 13.6. The maximum Gasteiger partial charge on any atom is 0.123 e. The second kappa shape index (κ2) is 7.44. The van der Waals surface area contributed by atoms with Crippen LogP contribution in [0.2, 0.25) is 0 Å². The minimum Gasteiger partial charge on any atom is -0.207 e. The van der Waals surface area contributed by atoms with Crippen molar-refractivity contribution in [2.75, 3.05) is 0 Å². The van der Waals surface area contributed by atoms with E-state index in [4.69, 9.17) is 0 Å². The van der Waals surface area contributed by atoms with Gasteiger partial charge in [-0.15, -0.1) is 6.58 Å². The summed E-state index contributed by atoms with van der Waals surface area (Å²) in [5.41, 5.74) is 1.22. The van der Waals surface area contributed by atoms with E-state index in [1.165, 1.54) is 63.4 Å². The molecule has 0 radical (unpaired) electrons. The van der Waals surface area contributed by atoms with Crippen LogP contribution in [0.3, 0.4) is 0 Å². The van der Waals surface area contributed by atoms with Gasteiger partial charge < -0.3 is 0 Å². The van der Waals surface area contributed by atoms with Crippen molar-refractivity contribution in [2.24, 2.45) is 17.8 Å². The predicted octanol–water partition coefficient (Wildman–Crippen LogP) is 6.48. The molecule has 0 unspecified atom stereocenters. The Labute approximate surface area is 134 Å². The summed E-state index contributed by atoms with van der Waals surface area (Å²) in [5, 5.41) is 0. The molecule has 0 heterocycles. The third kappa shape index (κ3) is 3.80. The van der Waals surface area contributed by atoms with E-state index < -0.39 is 0 Å². The normalized spacial score (nSPS) is 32.6. The van der Waals surface area contributed by atoms with Gasteiger partial charge in [0.05, 0.1) is 0 Å². The van der Waals surface area contributed by atoms with Gasteiger partial charge in [0.2, 0.25) is 0 Å². The smallest absolute Gasteiger partial charge is 0.123 e. The highest BCUT2D eigenvalue weighted by atomic mass is 19.1. The Hall–Kier alpha value is -1.11. The molecule has 0 N–H and O–H groups in total. The van der Waals surface area contributed by atoms with Crippen LogP contribution in [0.4, 0.5) is 4.39 Å². The minimum atomic E-state index is -0.0832. The van der Waals surface area contributed by atoms with E-state index >= 15 is 0 Å². The molecule has 1 heteroatoms. The number of hydrogen-bond donors (Lipinski definition) is 0. The molecule has 0 nitrogen and oxygen atoms in total. The molecule has 0 atom stereocenters. The number of halogens is 1. The lowest BCUT2D eigenvalue weighted by atomic mass is 9.68. The summed E-state index contributed by atoms with van der Waals surface area (Å²) < 4.78 is 13.4. The Bertz CT molecular complexity index is 476. The van der Waals surface area contributed by atoms with E-state index in [0.717, 1.165) is 17.8 Å². The fourth-order valence-corrected chi connectivity index (χ4v) is 4.82. The third-order valence-corrected chi connectivity index (χ3v) is 6.15. The van der Waals surface area contributed by atoms with Gasteiger partial charge in [-0.2, -0.15) is 0 Å². The van der Waals surface area contributed by atoms with Gasteiger partial charge in [-0.1, -0.05) is 18.2 Å². The van der Waals surface area contributed by atoms with Gasteiger partial charge in [-0.25, -0.2) is 4.39 Å². The predicted molar refractivity (Wildman–Crippen MR) is 91.4 cm³/mol. The highest BCUT2D eigenvalue weighted by Gasteiger charge is 2.30. The number of allylic oxidation sites excluding steroid dienone is 1. The van der Waals surface area contributed by atoms with E-state index in [0.29, 0.717) is 5.92 Å². The van der Waals surface area contributed by atoms with Crippen molar-refractivity contribution in [3.63, 3.8) is 0 Å². The monoisotopic (exact) mass is 300 g/mol. The van der Waals surface area contributed by atoms with Gasteiger partial charge in [0, 0.05) is 0 Å². The minimum absolute atomic E-state index is 0.0832. The topological polar surface area (TPSA) is 0 Å². The first-order chi connectivity index (χ1) is 10.8. The van der Waals surface area contributed by atoms with Crippen LogP contribution in [0, 0.1) is 23.6 Å². The van der Waals surface area contributed by atoms with Crippen molar-refractivity contribution in [2.45, 2.75) is 63.7 Å². The number of rotatable bonds is 4. The molecule has 3 rings (SSSR count).